The largest absolute Gasteiger partial charge is 0.504 e. The lowest BCUT2D eigenvalue weighted by molar-refractivity contribution is -0.162. The van der Waals surface area contributed by atoms with E-state index < -0.39 is 0 Å². The highest BCUT2D eigenvalue weighted by atomic mass is 16.5. The number of benzene rings is 1. The highest BCUT2D eigenvalue weighted by molar-refractivity contribution is 5.50. The SMILES string of the molecule is CC1(C)CCC[C@]2(C)C3Cc4cc(O)c(O)cc4O[C@@]3(C)CC[C@@H]12. The molecule has 3 heteroatoms. The summed E-state index contributed by atoms with van der Waals surface area (Å²) in [7, 11) is 0. The average Bonchev–Trinajstić information content (AvgIpc) is 2.46. The smallest absolute Gasteiger partial charge is 0.161 e. The van der Waals surface area contributed by atoms with Crippen LogP contribution in [0.5, 0.6) is 17.2 Å². The van der Waals surface area contributed by atoms with Gasteiger partial charge in [0.05, 0.1) is 0 Å². The van der Waals surface area contributed by atoms with Crippen LogP contribution in [0.4, 0.5) is 0 Å². The quantitative estimate of drug-likeness (QED) is 0.656. The first-order valence-electron chi connectivity index (χ1n) is 9.40. The minimum atomic E-state index is -0.172. The molecular formula is C21H30O3. The number of ether oxygens (including phenoxy) is 1. The van der Waals surface area contributed by atoms with Crippen molar-refractivity contribution in [2.24, 2.45) is 22.7 Å². The van der Waals surface area contributed by atoms with Gasteiger partial charge in [-0.1, -0.05) is 27.2 Å². The van der Waals surface area contributed by atoms with E-state index in [1.54, 1.807) is 12.1 Å². The molecule has 0 saturated heterocycles. The van der Waals surface area contributed by atoms with E-state index in [1.807, 2.05) is 0 Å². The Balaban J connectivity index is 1.78. The van der Waals surface area contributed by atoms with E-state index in [4.69, 9.17) is 4.74 Å². The molecule has 24 heavy (non-hydrogen) atoms. The van der Waals surface area contributed by atoms with Crippen LogP contribution in [0.25, 0.3) is 0 Å². The summed E-state index contributed by atoms with van der Waals surface area (Å²) in [4.78, 5) is 0. The lowest BCUT2D eigenvalue weighted by Crippen LogP contribution is -2.61. The van der Waals surface area contributed by atoms with Gasteiger partial charge < -0.3 is 14.9 Å². The first kappa shape index (κ1) is 16.1. The molecule has 2 N–H and O–H groups in total. The van der Waals surface area contributed by atoms with E-state index in [1.165, 1.54) is 25.7 Å². The molecule has 1 aliphatic heterocycles. The third-order valence-electron chi connectivity index (χ3n) is 7.66. The molecule has 1 aromatic rings. The first-order valence-corrected chi connectivity index (χ1v) is 9.40. The van der Waals surface area contributed by atoms with Gasteiger partial charge in [0.25, 0.3) is 0 Å². The van der Waals surface area contributed by atoms with Crippen LogP contribution in [0.3, 0.4) is 0 Å². The zero-order valence-corrected chi connectivity index (χ0v) is 15.4. The Morgan fingerprint density at radius 2 is 1.67 bits per heavy atom. The Kier molecular flexibility index (Phi) is 3.24. The Hall–Kier alpha value is -1.38. The molecule has 4 atom stereocenters. The highest BCUT2D eigenvalue weighted by Gasteiger charge is 2.60. The zero-order chi connectivity index (χ0) is 17.3. The number of phenols is 2. The van der Waals surface area contributed by atoms with Crippen LogP contribution in [0.15, 0.2) is 12.1 Å². The molecule has 0 spiro atoms. The highest BCUT2D eigenvalue weighted by Crippen LogP contribution is 2.64. The topological polar surface area (TPSA) is 49.7 Å². The van der Waals surface area contributed by atoms with E-state index in [9.17, 15) is 10.2 Å². The van der Waals surface area contributed by atoms with E-state index in [0.717, 1.165) is 30.1 Å². The molecule has 1 heterocycles. The van der Waals surface area contributed by atoms with E-state index in [0.29, 0.717) is 11.3 Å². The third kappa shape index (κ3) is 2.09. The molecule has 4 rings (SSSR count). The monoisotopic (exact) mass is 330 g/mol. The van der Waals surface area contributed by atoms with Gasteiger partial charge in [-0.2, -0.15) is 0 Å². The maximum Gasteiger partial charge on any atom is 0.161 e. The standard InChI is InChI=1S/C21H30O3/c1-19(2)7-5-8-20(3)17(19)6-9-21(4)18(20)11-13-10-14(22)15(23)12-16(13)24-21/h10,12,17-18,22-23H,5-9,11H2,1-4H3/t17-,18?,20-,21-/m0/s1. The predicted molar refractivity (Wildman–Crippen MR) is 94.5 cm³/mol. The minimum Gasteiger partial charge on any atom is -0.504 e. The molecule has 3 aliphatic rings. The summed E-state index contributed by atoms with van der Waals surface area (Å²) in [5.41, 5.74) is 1.54. The van der Waals surface area contributed by atoms with Gasteiger partial charge in [-0.05, 0) is 67.4 Å². The summed E-state index contributed by atoms with van der Waals surface area (Å²) in [6, 6.07) is 3.29. The summed E-state index contributed by atoms with van der Waals surface area (Å²) >= 11 is 0. The number of phenolic OH excluding ortho intramolecular Hbond substituents is 2. The molecule has 3 nitrogen and oxygen atoms in total. The lowest BCUT2D eigenvalue weighted by Gasteiger charge is -2.63. The van der Waals surface area contributed by atoms with Crippen LogP contribution in [-0.4, -0.2) is 15.8 Å². The van der Waals surface area contributed by atoms with Crippen molar-refractivity contribution in [1.82, 2.24) is 0 Å². The molecule has 0 aromatic heterocycles. The molecule has 0 radical (unpaired) electrons. The first-order chi connectivity index (χ1) is 11.2. The summed E-state index contributed by atoms with van der Waals surface area (Å²) in [6.07, 6.45) is 7.11. The van der Waals surface area contributed by atoms with Crippen LogP contribution in [0, 0.1) is 22.7 Å². The number of hydrogen-bond acceptors (Lipinski definition) is 3. The van der Waals surface area contributed by atoms with Gasteiger partial charge in [0.1, 0.15) is 11.4 Å². The van der Waals surface area contributed by atoms with Crippen molar-refractivity contribution in [3.8, 4) is 17.2 Å². The number of rotatable bonds is 0. The van der Waals surface area contributed by atoms with Crippen molar-refractivity contribution in [2.45, 2.75) is 71.8 Å². The second-order valence-electron chi connectivity index (χ2n) is 9.56. The van der Waals surface area contributed by atoms with Crippen molar-refractivity contribution in [1.29, 1.82) is 0 Å². The summed E-state index contributed by atoms with van der Waals surface area (Å²) in [5.74, 6) is 1.81. The number of aromatic hydroxyl groups is 2. The van der Waals surface area contributed by atoms with Gasteiger partial charge in [0.2, 0.25) is 0 Å². The van der Waals surface area contributed by atoms with E-state index >= 15 is 0 Å². The van der Waals surface area contributed by atoms with Gasteiger partial charge in [-0.15, -0.1) is 0 Å². The summed E-state index contributed by atoms with van der Waals surface area (Å²) < 4.78 is 6.47. The van der Waals surface area contributed by atoms with Crippen molar-refractivity contribution < 1.29 is 14.9 Å². The molecule has 0 bridgehead atoms. The third-order valence-corrected chi connectivity index (χ3v) is 7.66. The van der Waals surface area contributed by atoms with Gasteiger partial charge in [0, 0.05) is 12.0 Å². The van der Waals surface area contributed by atoms with Crippen LogP contribution in [-0.2, 0) is 6.42 Å². The molecule has 2 saturated carbocycles. The molecule has 1 unspecified atom stereocenters. The second kappa shape index (κ2) is 4.83. The Bertz CT molecular complexity index is 680. The summed E-state index contributed by atoms with van der Waals surface area (Å²) in [6.45, 7) is 9.63. The molecule has 1 aromatic carbocycles. The van der Waals surface area contributed by atoms with Crippen molar-refractivity contribution in [2.75, 3.05) is 0 Å². The predicted octanol–water partition coefficient (Wildman–Crippen LogP) is 5.03. The van der Waals surface area contributed by atoms with Crippen LogP contribution in [0.1, 0.15) is 65.4 Å². The fourth-order valence-electron chi connectivity index (χ4n) is 6.50. The Labute approximate surface area is 145 Å². The van der Waals surface area contributed by atoms with Gasteiger partial charge >= 0.3 is 0 Å². The van der Waals surface area contributed by atoms with E-state index in [2.05, 4.69) is 27.7 Å². The zero-order valence-electron chi connectivity index (χ0n) is 15.4. The molecule has 2 fully saturated rings. The van der Waals surface area contributed by atoms with Crippen molar-refractivity contribution >= 4 is 0 Å². The molecular weight excluding hydrogens is 300 g/mol. The minimum absolute atomic E-state index is 0.0394. The normalized spacial score (nSPS) is 40.0. The number of hydrogen-bond donors (Lipinski definition) is 2. The van der Waals surface area contributed by atoms with Crippen LogP contribution < -0.4 is 4.74 Å². The molecule has 132 valence electrons. The average molecular weight is 330 g/mol. The molecule has 2 aliphatic carbocycles. The van der Waals surface area contributed by atoms with Gasteiger partial charge in [-0.3, -0.25) is 0 Å². The van der Waals surface area contributed by atoms with E-state index in [-0.39, 0.29) is 22.5 Å². The van der Waals surface area contributed by atoms with Gasteiger partial charge in [-0.25, -0.2) is 0 Å². The maximum absolute atomic E-state index is 9.91. The lowest BCUT2D eigenvalue weighted by atomic mass is 9.44. The van der Waals surface area contributed by atoms with Crippen molar-refractivity contribution in [3.05, 3.63) is 17.7 Å². The Morgan fingerprint density at radius 3 is 2.42 bits per heavy atom. The second-order valence-corrected chi connectivity index (χ2v) is 9.56. The Morgan fingerprint density at radius 1 is 0.958 bits per heavy atom. The van der Waals surface area contributed by atoms with Crippen molar-refractivity contribution in [3.63, 3.8) is 0 Å². The fourth-order valence-corrected chi connectivity index (χ4v) is 6.50. The summed E-state index contributed by atoms with van der Waals surface area (Å²) in [5, 5.41) is 19.7. The fraction of sp³-hybridized carbons (Fsp3) is 0.714. The van der Waals surface area contributed by atoms with Gasteiger partial charge in [0.15, 0.2) is 11.5 Å². The number of fused-ring (bicyclic) bond motifs is 4. The van der Waals surface area contributed by atoms with Crippen LogP contribution >= 0.6 is 0 Å². The molecule has 0 amide bonds. The van der Waals surface area contributed by atoms with Crippen LogP contribution in [0.2, 0.25) is 0 Å². The maximum atomic E-state index is 9.91.